The molecule has 1 aromatic heterocycles. The third-order valence-electron chi connectivity index (χ3n) is 6.01. The Morgan fingerprint density at radius 1 is 1.18 bits per heavy atom. The lowest BCUT2D eigenvalue weighted by Gasteiger charge is -2.30. The van der Waals surface area contributed by atoms with Gasteiger partial charge < -0.3 is 14.6 Å². The summed E-state index contributed by atoms with van der Waals surface area (Å²) in [6.45, 7) is 5.80. The van der Waals surface area contributed by atoms with Crippen LogP contribution in [0.1, 0.15) is 57.8 Å². The molecule has 2 aromatic rings. The lowest BCUT2D eigenvalue weighted by molar-refractivity contribution is -0.126. The lowest BCUT2D eigenvalue weighted by Crippen LogP contribution is -2.43. The molecule has 1 aliphatic carbocycles. The first-order valence-corrected chi connectivity index (χ1v) is 13.1. The second kappa shape index (κ2) is 10.3. The third-order valence-corrected chi connectivity index (χ3v) is 7.93. The van der Waals surface area contributed by atoms with Gasteiger partial charge in [-0.2, -0.15) is 9.29 Å². The average Bonchev–Trinajstić information content (AvgIpc) is 3.55. The number of hydrogen-bond donors (Lipinski definition) is 1. The minimum atomic E-state index is -3.62. The number of nitrogens with zero attached hydrogens (tertiary/aromatic N) is 3. The van der Waals surface area contributed by atoms with Gasteiger partial charge in [-0.1, -0.05) is 5.16 Å². The molecule has 0 atom stereocenters. The summed E-state index contributed by atoms with van der Waals surface area (Å²) in [5.74, 6) is 1.33. The quantitative estimate of drug-likeness (QED) is 0.524. The number of carbonyl (C=O) groups excluding carboxylic acids is 1. The van der Waals surface area contributed by atoms with Gasteiger partial charge in [0.25, 0.3) is 0 Å². The van der Waals surface area contributed by atoms with E-state index in [1.165, 1.54) is 4.31 Å². The highest BCUT2D eigenvalue weighted by molar-refractivity contribution is 7.89. The van der Waals surface area contributed by atoms with Crippen molar-refractivity contribution in [1.82, 2.24) is 19.8 Å². The van der Waals surface area contributed by atoms with Crippen LogP contribution in [-0.4, -0.2) is 61.1 Å². The highest BCUT2D eigenvalue weighted by Crippen LogP contribution is 2.39. The topological polar surface area (TPSA) is 115 Å². The molecule has 2 aliphatic rings. The van der Waals surface area contributed by atoms with Crippen molar-refractivity contribution in [2.75, 3.05) is 26.2 Å². The Morgan fingerprint density at radius 2 is 1.88 bits per heavy atom. The fraction of sp³-hybridized carbons (Fsp3) is 0.609. The summed E-state index contributed by atoms with van der Waals surface area (Å²) >= 11 is 0. The van der Waals surface area contributed by atoms with Crippen molar-refractivity contribution in [3.8, 4) is 11.4 Å². The van der Waals surface area contributed by atoms with E-state index in [1.807, 2.05) is 13.8 Å². The number of piperidine rings is 1. The maximum atomic E-state index is 13.1. The van der Waals surface area contributed by atoms with E-state index >= 15 is 0 Å². The molecular formula is C23H32N4O5S. The molecule has 4 rings (SSSR count). The van der Waals surface area contributed by atoms with Gasteiger partial charge in [-0.25, -0.2) is 8.42 Å². The zero-order chi connectivity index (χ0) is 23.4. The predicted octanol–water partition coefficient (Wildman–Crippen LogP) is 2.95. The van der Waals surface area contributed by atoms with Crippen LogP contribution in [0.4, 0.5) is 0 Å². The predicted molar refractivity (Wildman–Crippen MR) is 122 cm³/mol. The standard InChI is InChI=1S/C23H32N4O5S/c1-16(2)31-15-3-12-24-22(28)18-10-13-27(14-11-18)33(29,30)20-8-6-17(7-9-20)21-25-23(32-26-21)19-4-5-19/h6-9,16,18-19H,3-5,10-15H2,1-2H3,(H,24,28). The van der Waals surface area contributed by atoms with Crippen molar-refractivity contribution >= 4 is 15.9 Å². The Bertz CT molecular complexity index is 1040. The van der Waals surface area contributed by atoms with Crippen molar-refractivity contribution in [2.24, 2.45) is 5.92 Å². The van der Waals surface area contributed by atoms with Crippen LogP contribution in [0.25, 0.3) is 11.4 Å². The summed E-state index contributed by atoms with van der Waals surface area (Å²) in [5.41, 5.74) is 0.721. The zero-order valence-electron chi connectivity index (χ0n) is 19.2. The van der Waals surface area contributed by atoms with Gasteiger partial charge in [0, 0.05) is 43.6 Å². The molecule has 2 fully saturated rings. The molecule has 0 bridgehead atoms. The van der Waals surface area contributed by atoms with E-state index in [2.05, 4.69) is 15.5 Å². The van der Waals surface area contributed by atoms with E-state index in [-0.39, 0.29) is 22.8 Å². The van der Waals surface area contributed by atoms with E-state index in [1.54, 1.807) is 24.3 Å². The molecule has 10 heteroatoms. The van der Waals surface area contributed by atoms with Crippen molar-refractivity contribution < 1.29 is 22.5 Å². The number of aromatic nitrogens is 2. The summed E-state index contributed by atoms with van der Waals surface area (Å²) in [4.78, 5) is 17.0. The largest absolute Gasteiger partial charge is 0.379 e. The molecule has 33 heavy (non-hydrogen) atoms. The maximum Gasteiger partial charge on any atom is 0.243 e. The third kappa shape index (κ3) is 5.99. The molecule has 1 aliphatic heterocycles. The second-order valence-electron chi connectivity index (χ2n) is 9.00. The summed E-state index contributed by atoms with van der Waals surface area (Å²) in [6, 6.07) is 6.57. The molecule has 2 heterocycles. The number of nitrogens with one attached hydrogen (secondary N) is 1. The molecule has 1 aromatic carbocycles. The molecule has 0 spiro atoms. The molecule has 1 saturated carbocycles. The number of rotatable bonds is 10. The van der Waals surface area contributed by atoms with E-state index < -0.39 is 10.0 Å². The summed E-state index contributed by atoms with van der Waals surface area (Å²) in [5, 5.41) is 6.94. The van der Waals surface area contributed by atoms with Gasteiger partial charge in [-0.3, -0.25) is 4.79 Å². The van der Waals surface area contributed by atoms with Gasteiger partial charge in [0.05, 0.1) is 11.0 Å². The molecular weight excluding hydrogens is 444 g/mol. The first kappa shape index (κ1) is 23.8. The molecule has 180 valence electrons. The smallest absolute Gasteiger partial charge is 0.243 e. The lowest BCUT2D eigenvalue weighted by atomic mass is 9.97. The van der Waals surface area contributed by atoms with Crippen LogP contribution in [0.3, 0.4) is 0 Å². The van der Waals surface area contributed by atoms with Gasteiger partial charge in [0.1, 0.15) is 0 Å². The van der Waals surface area contributed by atoms with E-state index in [4.69, 9.17) is 9.26 Å². The SMILES string of the molecule is CC(C)OCCCNC(=O)C1CCN(S(=O)(=O)c2ccc(-c3noc(C4CC4)n3)cc2)CC1. The minimum absolute atomic E-state index is 0.00775. The molecule has 0 radical (unpaired) electrons. The van der Waals surface area contributed by atoms with Crippen LogP contribution in [0, 0.1) is 5.92 Å². The number of hydrogen-bond acceptors (Lipinski definition) is 7. The maximum absolute atomic E-state index is 13.1. The van der Waals surface area contributed by atoms with Crippen LogP contribution < -0.4 is 5.32 Å². The molecule has 1 N–H and O–H groups in total. The molecule has 1 saturated heterocycles. The van der Waals surface area contributed by atoms with Crippen molar-refractivity contribution in [2.45, 2.75) is 62.9 Å². The Morgan fingerprint density at radius 3 is 2.52 bits per heavy atom. The van der Waals surface area contributed by atoms with Crippen molar-refractivity contribution in [3.05, 3.63) is 30.2 Å². The second-order valence-corrected chi connectivity index (χ2v) is 10.9. The van der Waals surface area contributed by atoms with Crippen LogP contribution in [-0.2, 0) is 19.6 Å². The first-order valence-electron chi connectivity index (χ1n) is 11.7. The minimum Gasteiger partial charge on any atom is -0.379 e. The summed E-state index contributed by atoms with van der Waals surface area (Å²) < 4.78 is 38.4. The molecule has 0 unspecified atom stereocenters. The van der Waals surface area contributed by atoms with Gasteiger partial charge in [0.15, 0.2) is 0 Å². The number of carbonyl (C=O) groups is 1. The number of benzene rings is 1. The van der Waals surface area contributed by atoms with Crippen LogP contribution in [0.2, 0.25) is 0 Å². The fourth-order valence-electron chi connectivity index (χ4n) is 3.88. The number of amides is 1. The van der Waals surface area contributed by atoms with E-state index in [9.17, 15) is 13.2 Å². The Labute approximate surface area is 194 Å². The van der Waals surface area contributed by atoms with Gasteiger partial charge >= 0.3 is 0 Å². The normalized spacial score (nSPS) is 18.0. The van der Waals surface area contributed by atoms with Crippen molar-refractivity contribution in [3.63, 3.8) is 0 Å². The summed E-state index contributed by atoms with van der Waals surface area (Å²) in [7, 11) is -3.62. The van der Waals surface area contributed by atoms with Crippen LogP contribution >= 0.6 is 0 Å². The average molecular weight is 477 g/mol. The Hall–Kier alpha value is -2.30. The highest BCUT2D eigenvalue weighted by Gasteiger charge is 2.32. The zero-order valence-corrected chi connectivity index (χ0v) is 20.0. The van der Waals surface area contributed by atoms with Crippen LogP contribution in [0.5, 0.6) is 0 Å². The fourth-order valence-corrected chi connectivity index (χ4v) is 5.35. The van der Waals surface area contributed by atoms with Crippen LogP contribution in [0.15, 0.2) is 33.7 Å². The van der Waals surface area contributed by atoms with Gasteiger partial charge in [0.2, 0.25) is 27.6 Å². The van der Waals surface area contributed by atoms with Gasteiger partial charge in [-0.05, 0) is 70.2 Å². The monoisotopic (exact) mass is 476 g/mol. The van der Waals surface area contributed by atoms with Crippen molar-refractivity contribution in [1.29, 1.82) is 0 Å². The Kier molecular flexibility index (Phi) is 7.45. The van der Waals surface area contributed by atoms with E-state index in [0.717, 1.165) is 24.8 Å². The van der Waals surface area contributed by atoms with Gasteiger partial charge in [-0.15, -0.1) is 0 Å². The number of ether oxygens (including phenoxy) is 1. The Balaban J connectivity index is 1.28. The first-order chi connectivity index (χ1) is 15.8. The molecule has 1 amide bonds. The highest BCUT2D eigenvalue weighted by atomic mass is 32.2. The number of sulfonamides is 1. The molecule has 9 nitrogen and oxygen atoms in total. The summed E-state index contributed by atoms with van der Waals surface area (Å²) in [6.07, 6.45) is 4.12. The van der Waals surface area contributed by atoms with E-state index in [0.29, 0.717) is 56.7 Å².